The lowest BCUT2D eigenvalue weighted by Crippen LogP contribution is -2.45. The summed E-state index contributed by atoms with van der Waals surface area (Å²) in [6.45, 7) is 6.46. The van der Waals surface area contributed by atoms with E-state index >= 15 is 0 Å². The highest BCUT2D eigenvalue weighted by Gasteiger charge is 2.29. The van der Waals surface area contributed by atoms with E-state index in [9.17, 15) is 4.79 Å². The Balaban J connectivity index is 2.38. The van der Waals surface area contributed by atoms with Crippen LogP contribution >= 0.6 is 0 Å². The molecule has 1 aliphatic carbocycles. The van der Waals surface area contributed by atoms with Gasteiger partial charge in [-0.05, 0) is 33.1 Å². The fourth-order valence-electron chi connectivity index (χ4n) is 1.54. The molecule has 3 nitrogen and oxygen atoms in total. The van der Waals surface area contributed by atoms with Crippen molar-refractivity contribution in [2.75, 3.05) is 6.54 Å². The topological polar surface area (TPSA) is 55.1 Å². The first kappa shape index (κ1) is 11.5. The van der Waals surface area contributed by atoms with Gasteiger partial charge in [0.25, 0.3) is 0 Å². The van der Waals surface area contributed by atoms with Crippen LogP contribution in [0.2, 0.25) is 0 Å². The highest BCUT2D eigenvalue weighted by molar-refractivity contribution is 5.79. The molecule has 1 rings (SSSR count). The minimum atomic E-state index is -0.145. The third kappa shape index (κ3) is 4.09. The number of nitrogens with two attached hydrogens (primary N) is 1. The maximum atomic E-state index is 11.8. The smallest absolute Gasteiger partial charge is 0.224 e. The van der Waals surface area contributed by atoms with Gasteiger partial charge in [-0.3, -0.25) is 4.79 Å². The van der Waals surface area contributed by atoms with Crippen LogP contribution in [0.5, 0.6) is 0 Å². The fourth-order valence-corrected chi connectivity index (χ4v) is 1.54. The Morgan fingerprint density at radius 3 is 2.43 bits per heavy atom. The zero-order valence-electron chi connectivity index (χ0n) is 9.47. The molecule has 0 spiro atoms. The summed E-state index contributed by atoms with van der Waals surface area (Å²) < 4.78 is 0. The van der Waals surface area contributed by atoms with Crippen molar-refractivity contribution in [3.8, 4) is 0 Å². The van der Waals surface area contributed by atoms with Crippen LogP contribution < -0.4 is 11.1 Å². The number of amides is 1. The molecule has 1 amide bonds. The molecule has 0 radical (unpaired) electrons. The Kier molecular flexibility index (Phi) is 3.53. The molecule has 14 heavy (non-hydrogen) atoms. The van der Waals surface area contributed by atoms with E-state index in [0.29, 0.717) is 6.54 Å². The van der Waals surface area contributed by atoms with Gasteiger partial charge >= 0.3 is 0 Å². The normalized spacial score (nSPS) is 19.1. The van der Waals surface area contributed by atoms with Gasteiger partial charge in [-0.1, -0.05) is 12.8 Å². The first-order valence-corrected chi connectivity index (χ1v) is 5.44. The maximum Gasteiger partial charge on any atom is 0.224 e. The van der Waals surface area contributed by atoms with Crippen LogP contribution in [0.4, 0.5) is 0 Å². The van der Waals surface area contributed by atoms with Crippen LogP contribution in [-0.4, -0.2) is 18.0 Å². The Hall–Kier alpha value is -0.570. The summed E-state index contributed by atoms with van der Waals surface area (Å²) in [5, 5.41) is 2.98. The van der Waals surface area contributed by atoms with E-state index < -0.39 is 0 Å². The van der Waals surface area contributed by atoms with E-state index in [0.717, 1.165) is 12.3 Å². The Morgan fingerprint density at radius 2 is 2.07 bits per heavy atom. The minimum Gasteiger partial charge on any atom is -0.351 e. The summed E-state index contributed by atoms with van der Waals surface area (Å²) in [5.41, 5.74) is 5.46. The lowest BCUT2D eigenvalue weighted by atomic mass is 9.99. The van der Waals surface area contributed by atoms with Gasteiger partial charge in [0.15, 0.2) is 0 Å². The molecule has 1 saturated carbocycles. The van der Waals surface area contributed by atoms with Crippen molar-refractivity contribution in [3.05, 3.63) is 0 Å². The average Bonchev–Trinajstić information content (AvgIpc) is 2.79. The first-order valence-electron chi connectivity index (χ1n) is 5.44. The molecule has 3 heteroatoms. The largest absolute Gasteiger partial charge is 0.351 e. The molecule has 1 fully saturated rings. The molecular weight excluding hydrogens is 176 g/mol. The summed E-state index contributed by atoms with van der Waals surface area (Å²) in [5.74, 6) is 0.892. The van der Waals surface area contributed by atoms with E-state index in [1.165, 1.54) is 12.8 Å². The van der Waals surface area contributed by atoms with Gasteiger partial charge < -0.3 is 11.1 Å². The molecule has 1 atom stereocenters. The van der Waals surface area contributed by atoms with Crippen LogP contribution in [0, 0.1) is 11.8 Å². The number of carbonyl (C=O) groups is 1. The second-order valence-electron chi connectivity index (χ2n) is 5.35. The zero-order chi connectivity index (χ0) is 10.8. The van der Waals surface area contributed by atoms with Crippen LogP contribution in [0.3, 0.4) is 0 Å². The van der Waals surface area contributed by atoms with Gasteiger partial charge in [-0.15, -0.1) is 0 Å². The molecule has 3 N–H and O–H groups in total. The fraction of sp³-hybridized carbons (Fsp3) is 0.909. The standard InChI is InChI=1S/C11H22N2O/c1-11(2,3)13-10(14)9(7-12)6-8-4-5-8/h8-9H,4-7,12H2,1-3H3,(H,13,14). The van der Waals surface area contributed by atoms with Crippen LogP contribution in [0.1, 0.15) is 40.0 Å². The van der Waals surface area contributed by atoms with Gasteiger partial charge in [0.1, 0.15) is 0 Å². The highest BCUT2D eigenvalue weighted by Crippen LogP contribution is 2.35. The molecule has 0 bridgehead atoms. The first-order chi connectivity index (χ1) is 6.42. The number of carbonyl (C=O) groups excluding carboxylic acids is 1. The second-order valence-corrected chi connectivity index (χ2v) is 5.35. The van der Waals surface area contributed by atoms with E-state index in [1.54, 1.807) is 0 Å². The summed E-state index contributed by atoms with van der Waals surface area (Å²) in [6.07, 6.45) is 3.52. The van der Waals surface area contributed by atoms with E-state index in [4.69, 9.17) is 5.73 Å². The second kappa shape index (κ2) is 4.30. The van der Waals surface area contributed by atoms with E-state index in [2.05, 4.69) is 5.32 Å². The average molecular weight is 198 g/mol. The van der Waals surface area contributed by atoms with Gasteiger partial charge in [0.2, 0.25) is 5.91 Å². The summed E-state index contributed by atoms with van der Waals surface area (Å²) >= 11 is 0. The molecule has 0 heterocycles. The summed E-state index contributed by atoms with van der Waals surface area (Å²) in [7, 11) is 0. The van der Waals surface area contributed by atoms with Gasteiger partial charge in [0.05, 0.1) is 5.92 Å². The molecule has 1 unspecified atom stereocenters. The monoisotopic (exact) mass is 198 g/mol. The molecule has 82 valence electrons. The van der Waals surface area contributed by atoms with Gasteiger partial charge in [-0.25, -0.2) is 0 Å². The maximum absolute atomic E-state index is 11.8. The highest BCUT2D eigenvalue weighted by atomic mass is 16.2. The summed E-state index contributed by atoms with van der Waals surface area (Å²) in [6, 6.07) is 0. The van der Waals surface area contributed by atoms with Crippen molar-refractivity contribution in [1.82, 2.24) is 5.32 Å². The third-order valence-electron chi connectivity index (χ3n) is 2.47. The quantitative estimate of drug-likeness (QED) is 0.715. The molecular formula is C11H22N2O. The molecule has 0 aromatic heterocycles. The van der Waals surface area contributed by atoms with Crippen molar-refractivity contribution < 1.29 is 4.79 Å². The Labute approximate surface area is 86.4 Å². The van der Waals surface area contributed by atoms with Crippen LogP contribution in [0.15, 0.2) is 0 Å². The number of nitrogens with one attached hydrogen (secondary N) is 1. The van der Waals surface area contributed by atoms with E-state index in [-0.39, 0.29) is 17.4 Å². The minimum absolute atomic E-state index is 0.0155. The Bertz CT molecular complexity index is 204. The molecule has 1 aliphatic rings. The molecule has 0 aromatic rings. The SMILES string of the molecule is CC(C)(C)NC(=O)C(CN)CC1CC1. The molecule has 0 saturated heterocycles. The lowest BCUT2D eigenvalue weighted by Gasteiger charge is -2.24. The van der Waals surface area contributed by atoms with Crippen molar-refractivity contribution in [2.24, 2.45) is 17.6 Å². The van der Waals surface area contributed by atoms with Crippen molar-refractivity contribution >= 4 is 5.91 Å². The predicted octanol–water partition coefficient (Wildman–Crippen LogP) is 1.28. The van der Waals surface area contributed by atoms with Crippen LogP contribution in [0.25, 0.3) is 0 Å². The number of hydrogen-bond donors (Lipinski definition) is 2. The van der Waals surface area contributed by atoms with Gasteiger partial charge in [0, 0.05) is 12.1 Å². The predicted molar refractivity (Wildman–Crippen MR) is 57.8 cm³/mol. The molecule has 0 aromatic carbocycles. The van der Waals surface area contributed by atoms with Crippen molar-refractivity contribution in [3.63, 3.8) is 0 Å². The lowest BCUT2D eigenvalue weighted by molar-refractivity contribution is -0.126. The van der Waals surface area contributed by atoms with Crippen molar-refractivity contribution in [1.29, 1.82) is 0 Å². The van der Waals surface area contributed by atoms with E-state index in [1.807, 2.05) is 20.8 Å². The zero-order valence-corrected chi connectivity index (χ0v) is 9.47. The number of hydrogen-bond acceptors (Lipinski definition) is 2. The number of rotatable bonds is 4. The third-order valence-corrected chi connectivity index (χ3v) is 2.47. The molecule has 0 aliphatic heterocycles. The van der Waals surface area contributed by atoms with Crippen molar-refractivity contribution in [2.45, 2.75) is 45.6 Å². The Morgan fingerprint density at radius 1 is 1.50 bits per heavy atom. The van der Waals surface area contributed by atoms with Crippen LogP contribution in [-0.2, 0) is 4.79 Å². The summed E-state index contributed by atoms with van der Waals surface area (Å²) in [4.78, 5) is 11.8. The van der Waals surface area contributed by atoms with Gasteiger partial charge in [-0.2, -0.15) is 0 Å².